The maximum Gasteiger partial charge on any atom is 0.311 e. The minimum Gasteiger partial charge on any atom is -0.481 e. The number of unbranched alkanes of at least 4 members (excludes halogenated alkanes) is 6. The number of carbonyl (C=O) groups excluding carboxylic acids is 1. The molecule has 1 saturated heterocycles. The van der Waals surface area contributed by atoms with Crippen LogP contribution in [0.3, 0.4) is 0 Å². The van der Waals surface area contributed by atoms with Gasteiger partial charge >= 0.3 is 11.9 Å². The first-order chi connectivity index (χ1) is 9.65. The maximum atomic E-state index is 11.7. The van der Waals surface area contributed by atoms with Gasteiger partial charge in [-0.2, -0.15) is 11.8 Å². The number of ether oxygens (including phenoxy) is 1. The van der Waals surface area contributed by atoms with Crippen molar-refractivity contribution in [3.05, 3.63) is 0 Å². The smallest absolute Gasteiger partial charge is 0.311 e. The molecule has 1 aliphatic heterocycles. The van der Waals surface area contributed by atoms with Crippen molar-refractivity contribution in [2.24, 2.45) is 5.92 Å². The van der Waals surface area contributed by atoms with Gasteiger partial charge in [0.05, 0.1) is 0 Å². The first-order valence-corrected chi connectivity index (χ1v) is 8.80. The molecule has 0 bridgehead atoms. The molecule has 4 nitrogen and oxygen atoms in total. The molecular formula is C15H26O4S. The van der Waals surface area contributed by atoms with Gasteiger partial charge in [0.2, 0.25) is 0 Å². The van der Waals surface area contributed by atoms with Crippen LogP contribution >= 0.6 is 11.8 Å². The van der Waals surface area contributed by atoms with Gasteiger partial charge in [-0.05, 0) is 6.42 Å². The first kappa shape index (κ1) is 17.3. The monoisotopic (exact) mass is 302 g/mol. The molecule has 20 heavy (non-hydrogen) atoms. The Hall–Kier alpha value is -0.710. The Balaban J connectivity index is 2.07. The molecule has 0 aromatic rings. The second-order valence-electron chi connectivity index (χ2n) is 5.38. The molecule has 0 aliphatic carbocycles. The number of hydrogen-bond donors (Lipinski definition) is 1. The topological polar surface area (TPSA) is 63.6 Å². The van der Waals surface area contributed by atoms with E-state index in [9.17, 15) is 9.59 Å². The van der Waals surface area contributed by atoms with Gasteiger partial charge in [0.1, 0.15) is 12.0 Å². The highest BCUT2D eigenvalue weighted by Gasteiger charge is 2.36. The van der Waals surface area contributed by atoms with Crippen molar-refractivity contribution in [2.45, 2.75) is 64.4 Å². The molecule has 0 saturated carbocycles. The van der Waals surface area contributed by atoms with Crippen LogP contribution < -0.4 is 0 Å². The van der Waals surface area contributed by atoms with Crippen LogP contribution in [0.1, 0.15) is 58.3 Å². The minimum atomic E-state index is -0.858. The third-order valence-electron chi connectivity index (χ3n) is 3.61. The third kappa shape index (κ3) is 6.64. The second-order valence-corrected chi connectivity index (χ2v) is 6.46. The first-order valence-electron chi connectivity index (χ1n) is 7.65. The zero-order valence-corrected chi connectivity index (χ0v) is 13.1. The van der Waals surface area contributed by atoms with E-state index < -0.39 is 18.0 Å². The van der Waals surface area contributed by atoms with Gasteiger partial charge in [0, 0.05) is 17.9 Å². The SMILES string of the molecule is CCCCCCCCCC(=O)OC1CSCC1C(=O)O. The Bertz CT molecular complexity index is 306. The Morgan fingerprint density at radius 3 is 2.40 bits per heavy atom. The molecule has 1 aliphatic rings. The van der Waals surface area contributed by atoms with Crippen LogP contribution in [0.25, 0.3) is 0 Å². The van der Waals surface area contributed by atoms with Crippen molar-refractivity contribution >= 4 is 23.7 Å². The van der Waals surface area contributed by atoms with E-state index in [1.165, 1.54) is 32.1 Å². The summed E-state index contributed by atoms with van der Waals surface area (Å²) in [5, 5.41) is 9.01. The highest BCUT2D eigenvalue weighted by atomic mass is 32.2. The van der Waals surface area contributed by atoms with Crippen molar-refractivity contribution in [1.82, 2.24) is 0 Å². The molecular weight excluding hydrogens is 276 g/mol. The standard InChI is InChI=1S/C15H26O4S/c1-2-3-4-5-6-7-8-9-14(16)19-13-11-20-10-12(13)15(17)18/h12-13H,2-11H2,1H3,(H,17,18). The fraction of sp³-hybridized carbons (Fsp3) is 0.867. The average molecular weight is 302 g/mol. The molecule has 0 aromatic carbocycles. The van der Waals surface area contributed by atoms with E-state index >= 15 is 0 Å². The zero-order valence-electron chi connectivity index (χ0n) is 12.3. The number of carboxylic acid groups (broad SMARTS) is 1. The Labute approximate surface area is 125 Å². The van der Waals surface area contributed by atoms with Gasteiger partial charge in [-0.3, -0.25) is 9.59 Å². The maximum absolute atomic E-state index is 11.7. The summed E-state index contributed by atoms with van der Waals surface area (Å²) in [6.45, 7) is 2.20. The lowest BCUT2D eigenvalue weighted by molar-refractivity contribution is -0.155. The highest BCUT2D eigenvalue weighted by Crippen LogP contribution is 2.27. The van der Waals surface area contributed by atoms with E-state index in [2.05, 4.69) is 6.92 Å². The molecule has 1 N–H and O–H groups in total. The molecule has 0 radical (unpaired) electrons. The summed E-state index contributed by atoms with van der Waals surface area (Å²) >= 11 is 1.54. The minimum absolute atomic E-state index is 0.239. The Morgan fingerprint density at radius 2 is 1.75 bits per heavy atom. The number of carbonyl (C=O) groups is 2. The van der Waals surface area contributed by atoms with Crippen LogP contribution in [0.15, 0.2) is 0 Å². The lowest BCUT2D eigenvalue weighted by atomic mass is 10.1. The fourth-order valence-corrected chi connectivity index (χ4v) is 3.62. The van der Waals surface area contributed by atoms with Crippen molar-refractivity contribution < 1.29 is 19.4 Å². The second kappa shape index (κ2) is 10.1. The summed E-state index contributed by atoms with van der Waals surface area (Å²) in [5.74, 6) is -0.469. The van der Waals surface area contributed by atoms with E-state index in [-0.39, 0.29) is 5.97 Å². The van der Waals surface area contributed by atoms with E-state index in [0.29, 0.717) is 17.9 Å². The lowest BCUT2D eigenvalue weighted by Crippen LogP contribution is -2.31. The third-order valence-corrected chi connectivity index (χ3v) is 4.77. The number of thioether (sulfide) groups is 1. The van der Waals surface area contributed by atoms with E-state index in [1.54, 1.807) is 11.8 Å². The molecule has 1 heterocycles. The van der Waals surface area contributed by atoms with Crippen LogP contribution in [0.2, 0.25) is 0 Å². The van der Waals surface area contributed by atoms with Crippen molar-refractivity contribution in [2.75, 3.05) is 11.5 Å². The zero-order chi connectivity index (χ0) is 14.8. The fourth-order valence-electron chi connectivity index (χ4n) is 2.34. The number of hydrogen-bond acceptors (Lipinski definition) is 4. The summed E-state index contributed by atoms with van der Waals surface area (Å²) in [6, 6.07) is 0. The lowest BCUT2D eigenvalue weighted by Gasteiger charge is -2.15. The normalized spacial score (nSPS) is 21.9. The van der Waals surface area contributed by atoms with Crippen molar-refractivity contribution in [3.8, 4) is 0 Å². The Morgan fingerprint density at radius 1 is 1.10 bits per heavy atom. The van der Waals surface area contributed by atoms with Gasteiger partial charge in [-0.25, -0.2) is 0 Å². The molecule has 0 amide bonds. The van der Waals surface area contributed by atoms with Crippen LogP contribution in [-0.2, 0) is 14.3 Å². The predicted molar refractivity (Wildman–Crippen MR) is 80.9 cm³/mol. The summed E-state index contributed by atoms with van der Waals surface area (Å²) in [4.78, 5) is 22.7. The van der Waals surface area contributed by atoms with Crippen LogP contribution in [0, 0.1) is 5.92 Å². The van der Waals surface area contributed by atoms with Crippen LogP contribution in [0.4, 0.5) is 0 Å². The quantitative estimate of drug-likeness (QED) is 0.494. The van der Waals surface area contributed by atoms with Crippen LogP contribution in [0.5, 0.6) is 0 Å². The summed E-state index contributed by atoms with van der Waals surface area (Å²) < 4.78 is 5.29. The Kier molecular flexibility index (Phi) is 8.74. The largest absolute Gasteiger partial charge is 0.481 e. The molecule has 2 atom stereocenters. The van der Waals surface area contributed by atoms with Gasteiger partial charge in [-0.15, -0.1) is 0 Å². The van der Waals surface area contributed by atoms with Crippen molar-refractivity contribution in [3.63, 3.8) is 0 Å². The molecule has 116 valence electrons. The predicted octanol–water partition coefficient (Wildman–Crippen LogP) is 3.49. The van der Waals surface area contributed by atoms with E-state index in [0.717, 1.165) is 12.8 Å². The number of carboxylic acids is 1. The summed E-state index contributed by atoms with van der Waals surface area (Å²) in [7, 11) is 0. The molecule has 1 fully saturated rings. The van der Waals surface area contributed by atoms with E-state index in [4.69, 9.17) is 9.84 Å². The van der Waals surface area contributed by atoms with Gasteiger partial charge in [0.15, 0.2) is 0 Å². The number of aliphatic carboxylic acids is 1. The van der Waals surface area contributed by atoms with E-state index in [1.807, 2.05) is 0 Å². The summed E-state index contributed by atoms with van der Waals surface area (Å²) in [5.41, 5.74) is 0. The molecule has 0 aromatic heterocycles. The van der Waals surface area contributed by atoms with Gasteiger partial charge in [0.25, 0.3) is 0 Å². The number of rotatable bonds is 10. The van der Waals surface area contributed by atoms with Crippen molar-refractivity contribution in [1.29, 1.82) is 0 Å². The average Bonchev–Trinajstić information content (AvgIpc) is 2.86. The highest BCUT2D eigenvalue weighted by molar-refractivity contribution is 7.99. The van der Waals surface area contributed by atoms with Gasteiger partial charge in [-0.1, -0.05) is 45.4 Å². The molecule has 0 spiro atoms. The number of esters is 1. The van der Waals surface area contributed by atoms with Crippen LogP contribution in [-0.4, -0.2) is 34.7 Å². The molecule has 2 unspecified atom stereocenters. The van der Waals surface area contributed by atoms with Gasteiger partial charge < -0.3 is 9.84 Å². The molecule has 5 heteroatoms. The molecule has 1 rings (SSSR count). The summed E-state index contributed by atoms with van der Waals surface area (Å²) in [6.07, 6.45) is 8.11.